The van der Waals surface area contributed by atoms with Gasteiger partial charge in [0.2, 0.25) is 5.91 Å². The first kappa shape index (κ1) is 23.8. The van der Waals surface area contributed by atoms with Gasteiger partial charge in [0.05, 0.1) is 11.7 Å². The quantitative estimate of drug-likeness (QED) is 0.230. The average molecular weight is 489 g/mol. The number of carbonyl (C=O) groups is 1. The van der Waals surface area contributed by atoms with E-state index < -0.39 is 0 Å². The van der Waals surface area contributed by atoms with Crippen LogP contribution in [0.3, 0.4) is 0 Å². The Morgan fingerprint density at radius 3 is 2.50 bits per heavy atom. The number of carbonyl (C=O) groups excluding carboxylic acids is 1. The summed E-state index contributed by atoms with van der Waals surface area (Å²) in [5.41, 5.74) is 4.08. The predicted molar refractivity (Wildman–Crippen MR) is 139 cm³/mol. The summed E-state index contributed by atoms with van der Waals surface area (Å²) in [6.07, 6.45) is 3.32. The minimum Gasteiger partial charge on any atom is -0.343 e. The number of amides is 1. The number of hydrogen-bond acceptors (Lipinski definition) is 4. The van der Waals surface area contributed by atoms with E-state index in [1.807, 2.05) is 85.1 Å². The Morgan fingerprint density at radius 1 is 1.06 bits per heavy atom. The highest BCUT2D eigenvalue weighted by atomic mass is 35.5. The Hall–Kier alpha value is -3.35. The van der Waals surface area contributed by atoms with Gasteiger partial charge in [-0.1, -0.05) is 90.1 Å². The number of thioether (sulfide) groups is 1. The maximum Gasteiger partial charge on any atom is 0.244 e. The van der Waals surface area contributed by atoms with E-state index in [9.17, 15) is 4.79 Å². The largest absolute Gasteiger partial charge is 0.343 e. The average Bonchev–Trinajstić information content (AvgIpc) is 3.28. The van der Waals surface area contributed by atoms with E-state index in [2.05, 4.69) is 27.6 Å². The lowest BCUT2D eigenvalue weighted by Gasteiger charge is -2.17. The molecular formula is C27H25ClN4OS. The van der Waals surface area contributed by atoms with Gasteiger partial charge in [0.1, 0.15) is 0 Å². The van der Waals surface area contributed by atoms with Crippen LogP contribution in [0.1, 0.15) is 35.5 Å². The van der Waals surface area contributed by atoms with Gasteiger partial charge in [0, 0.05) is 16.9 Å². The molecule has 0 aliphatic rings. The second-order valence-electron chi connectivity index (χ2n) is 7.86. The predicted octanol–water partition coefficient (Wildman–Crippen LogP) is 6.41. The third-order valence-corrected chi connectivity index (χ3v) is 6.49. The van der Waals surface area contributed by atoms with Crippen LogP contribution in [0.5, 0.6) is 0 Å². The molecule has 0 bridgehead atoms. The van der Waals surface area contributed by atoms with Gasteiger partial charge in [-0.15, -0.1) is 10.2 Å². The zero-order valence-electron chi connectivity index (χ0n) is 19.0. The van der Waals surface area contributed by atoms with E-state index in [0.29, 0.717) is 10.8 Å². The summed E-state index contributed by atoms with van der Waals surface area (Å²) in [7, 11) is 0. The first-order valence-electron chi connectivity index (χ1n) is 10.9. The normalized spacial score (nSPS) is 12.1. The molecule has 1 atom stereocenters. The molecule has 1 unspecified atom stereocenters. The Labute approximate surface area is 208 Å². The topological polar surface area (TPSA) is 59.8 Å². The van der Waals surface area contributed by atoms with Gasteiger partial charge in [0.25, 0.3) is 0 Å². The van der Waals surface area contributed by atoms with Crippen molar-refractivity contribution in [1.29, 1.82) is 0 Å². The lowest BCUT2D eigenvalue weighted by molar-refractivity contribution is -0.117. The van der Waals surface area contributed by atoms with Crippen molar-refractivity contribution in [1.82, 2.24) is 20.1 Å². The number of aryl methyl sites for hydroxylation is 1. The van der Waals surface area contributed by atoms with Gasteiger partial charge >= 0.3 is 0 Å². The molecule has 0 aliphatic carbocycles. The number of hydrogen-bond donors (Lipinski definition) is 1. The summed E-state index contributed by atoms with van der Waals surface area (Å²) in [4.78, 5) is 12.6. The number of nitrogens with one attached hydrogen (secondary N) is 1. The first-order chi connectivity index (χ1) is 16.5. The SMILES string of the molecule is Cc1ccc(Cl)cc1-n1c(SCc2ccccc2)nnc1C(C)NC(=O)C=Cc1ccccc1. The smallest absolute Gasteiger partial charge is 0.244 e. The molecular weight excluding hydrogens is 464 g/mol. The van der Waals surface area contributed by atoms with Crippen LogP contribution < -0.4 is 5.32 Å². The molecule has 1 heterocycles. The highest BCUT2D eigenvalue weighted by Crippen LogP contribution is 2.30. The van der Waals surface area contributed by atoms with Crippen LogP contribution in [0.15, 0.2) is 90.1 Å². The van der Waals surface area contributed by atoms with Crippen LogP contribution in [-0.2, 0) is 10.5 Å². The molecule has 0 spiro atoms. The zero-order chi connectivity index (χ0) is 23.9. The Bertz CT molecular complexity index is 1290. The van der Waals surface area contributed by atoms with Crippen LogP contribution in [0.4, 0.5) is 0 Å². The summed E-state index contributed by atoms with van der Waals surface area (Å²) >= 11 is 7.93. The molecule has 4 aromatic rings. The second kappa shape index (κ2) is 11.2. The van der Waals surface area contributed by atoms with Crippen molar-refractivity contribution in [2.24, 2.45) is 0 Å². The lowest BCUT2D eigenvalue weighted by Crippen LogP contribution is -2.27. The summed E-state index contributed by atoms with van der Waals surface area (Å²) in [6.45, 7) is 3.92. The van der Waals surface area contributed by atoms with Crippen molar-refractivity contribution in [2.45, 2.75) is 30.8 Å². The van der Waals surface area contributed by atoms with Gasteiger partial charge in [0.15, 0.2) is 11.0 Å². The highest BCUT2D eigenvalue weighted by molar-refractivity contribution is 7.98. The van der Waals surface area contributed by atoms with Crippen LogP contribution >= 0.6 is 23.4 Å². The van der Waals surface area contributed by atoms with Crippen molar-refractivity contribution >= 4 is 35.3 Å². The van der Waals surface area contributed by atoms with Crippen LogP contribution in [-0.4, -0.2) is 20.7 Å². The second-order valence-corrected chi connectivity index (χ2v) is 9.23. The highest BCUT2D eigenvalue weighted by Gasteiger charge is 2.22. The molecule has 0 aliphatic heterocycles. The van der Waals surface area contributed by atoms with Crippen molar-refractivity contribution in [3.8, 4) is 5.69 Å². The van der Waals surface area contributed by atoms with Crippen LogP contribution in [0.2, 0.25) is 5.02 Å². The molecule has 1 N–H and O–H groups in total. The molecule has 7 heteroatoms. The van der Waals surface area contributed by atoms with Crippen molar-refractivity contribution < 1.29 is 4.79 Å². The maximum atomic E-state index is 12.6. The summed E-state index contributed by atoms with van der Waals surface area (Å²) in [6, 6.07) is 25.3. The third kappa shape index (κ3) is 5.95. The molecule has 0 saturated heterocycles. The molecule has 34 heavy (non-hydrogen) atoms. The zero-order valence-corrected chi connectivity index (χ0v) is 20.6. The summed E-state index contributed by atoms with van der Waals surface area (Å²) in [5, 5.41) is 13.3. The fourth-order valence-electron chi connectivity index (χ4n) is 3.49. The minimum absolute atomic E-state index is 0.202. The monoisotopic (exact) mass is 488 g/mol. The fourth-order valence-corrected chi connectivity index (χ4v) is 4.56. The number of benzene rings is 3. The van der Waals surface area contributed by atoms with Gasteiger partial charge in [-0.25, -0.2) is 0 Å². The van der Waals surface area contributed by atoms with E-state index in [1.165, 1.54) is 11.6 Å². The number of rotatable bonds is 8. The standard InChI is InChI=1S/C27H25ClN4OS/c1-19-13-15-23(28)17-24(19)32-26(30-31-27(32)34-18-22-11-7-4-8-12-22)20(2)29-25(33)16-14-21-9-5-3-6-10-21/h3-17,20H,18H2,1-2H3,(H,29,33). The van der Waals surface area contributed by atoms with Gasteiger partial charge in [-0.2, -0.15) is 0 Å². The molecule has 5 nitrogen and oxygen atoms in total. The molecule has 1 amide bonds. The first-order valence-corrected chi connectivity index (χ1v) is 12.3. The number of aromatic nitrogens is 3. The van der Waals surface area contributed by atoms with E-state index in [-0.39, 0.29) is 11.9 Å². The summed E-state index contributed by atoms with van der Waals surface area (Å²) in [5.74, 6) is 1.19. The van der Waals surface area contributed by atoms with Crippen LogP contribution in [0, 0.1) is 6.92 Å². The summed E-state index contributed by atoms with van der Waals surface area (Å²) < 4.78 is 1.99. The van der Waals surface area contributed by atoms with E-state index in [1.54, 1.807) is 17.8 Å². The molecule has 1 aromatic heterocycles. The van der Waals surface area contributed by atoms with E-state index in [0.717, 1.165) is 27.7 Å². The fraction of sp³-hybridized carbons (Fsp3) is 0.148. The van der Waals surface area contributed by atoms with E-state index >= 15 is 0 Å². The van der Waals surface area contributed by atoms with Crippen molar-refractivity contribution in [2.75, 3.05) is 0 Å². The van der Waals surface area contributed by atoms with Gasteiger partial charge < -0.3 is 5.32 Å². The number of nitrogens with zero attached hydrogens (tertiary/aromatic N) is 3. The molecule has 0 saturated carbocycles. The number of halogens is 1. The Morgan fingerprint density at radius 2 is 1.76 bits per heavy atom. The van der Waals surface area contributed by atoms with Gasteiger partial charge in [-0.3, -0.25) is 9.36 Å². The molecule has 172 valence electrons. The molecule has 4 rings (SSSR count). The minimum atomic E-state index is -0.370. The van der Waals surface area contributed by atoms with Crippen molar-refractivity contribution in [3.05, 3.63) is 112 Å². The van der Waals surface area contributed by atoms with Gasteiger partial charge in [-0.05, 0) is 48.7 Å². The maximum absolute atomic E-state index is 12.6. The third-order valence-electron chi connectivity index (χ3n) is 5.25. The Kier molecular flexibility index (Phi) is 7.83. The Balaban J connectivity index is 1.60. The van der Waals surface area contributed by atoms with E-state index in [4.69, 9.17) is 11.6 Å². The molecule has 3 aromatic carbocycles. The lowest BCUT2D eigenvalue weighted by atomic mass is 10.2. The van der Waals surface area contributed by atoms with Crippen molar-refractivity contribution in [3.63, 3.8) is 0 Å². The molecule has 0 radical (unpaired) electrons. The molecule has 0 fully saturated rings. The van der Waals surface area contributed by atoms with Crippen LogP contribution in [0.25, 0.3) is 11.8 Å².